The molecule has 0 aromatic heterocycles. The van der Waals surface area contributed by atoms with Crippen molar-refractivity contribution in [3.63, 3.8) is 0 Å². The Hall–Kier alpha value is -1.60. The quantitative estimate of drug-likeness (QED) is 0.745. The van der Waals surface area contributed by atoms with E-state index in [1.54, 1.807) is 7.11 Å². The molecule has 1 atom stereocenters. The molecule has 1 saturated heterocycles. The lowest BCUT2D eigenvalue weighted by atomic mass is 9.98. The second-order valence-electron chi connectivity index (χ2n) is 5.89. The Morgan fingerprint density at radius 3 is 2.58 bits per heavy atom. The van der Waals surface area contributed by atoms with E-state index in [9.17, 15) is 0 Å². The number of methoxy groups -OCH3 is 1. The average Bonchev–Trinajstić information content (AvgIpc) is 2.61. The van der Waals surface area contributed by atoms with Gasteiger partial charge in [0.15, 0.2) is 0 Å². The number of benzene rings is 1. The third-order valence-corrected chi connectivity index (χ3v) is 4.31. The summed E-state index contributed by atoms with van der Waals surface area (Å²) in [6.45, 7) is 7.00. The number of aliphatic imine (C=N–C) groups is 1. The van der Waals surface area contributed by atoms with E-state index in [0.29, 0.717) is 0 Å². The summed E-state index contributed by atoms with van der Waals surface area (Å²) in [5.74, 6) is 1.76. The first kappa shape index (κ1) is 18.7. The van der Waals surface area contributed by atoms with Crippen molar-refractivity contribution < 1.29 is 4.74 Å². The molecule has 6 nitrogen and oxygen atoms in total. The van der Waals surface area contributed by atoms with Crippen molar-refractivity contribution in [3.05, 3.63) is 42.1 Å². The molecule has 1 aromatic rings. The van der Waals surface area contributed by atoms with E-state index in [1.165, 1.54) is 0 Å². The van der Waals surface area contributed by atoms with Gasteiger partial charge in [-0.25, -0.2) is 4.99 Å². The Kier molecular flexibility index (Phi) is 6.62. The van der Waals surface area contributed by atoms with Crippen LogP contribution in [0.3, 0.4) is 0 Å². The van der Waals surface area contributed by atoms with Crippen LogP contribution in [0.5, 0.6) is 5.75 Å². The van der Waals surface area contributed by atoms with E-state index in [2.05, 4.69) is 44.1 Å². The summed E-state index contributed by atoms with van der Waals surface area (Å²) in [6, 6.07) is 8.14. The molecular weight excluding hydrogens is 326 g/mol. The van der Waals surface area contributed by atoms with Crippen molar-refractivity contribution in [1.82, 2.24) is 20.9 Å². The predicted molar refractivity (Wildman–Crippen MR) is 99.8 cm³/mol. The van der Waals surface area contributed by atoms with Crippen LogP contribution in [-0.4, -0.2) is 50.7 Å². The molecule has 1 fully saturated rings. The Morgan fingerprint density at radius 2 is 1.96 bits per heavy atom. The number of nitrogens with one attached hydrogen (secondary N) is 3. The molecule has 24 heavy (non-hydrogen) atoms. The maximum Gasteiger partial charge on any atom is 0.138 e. The van der Waals surface area contributed by atoms with Crippen LogP contribution < -0.4 is 20.7 Å². The van der Waals surface area contributed by atoms with Crippen LogP contribution >= 0.6 is 12.4 Å². The molecule has 2 aliphatic rings. The van der Waals surface area contributed by atoms with Gasteiger partial charge < -0.3 is 15.4 Å². The monoisotopic (exact) mass is 351 g/mol. The Bertz CT molecular complexity index is 583. The lowest BCUT2D eigenvalue weighted by Crippen LogP contribution is -2.59. The largest absolute Gasteiger partial charge is 0.497 e. The van der Waals surface area contributed by atoms with Crippen LogP contribution in [0, 0.1) is 0 Å². The third-order valence-electron chi connectivity index (χ3n) is 4.31. The zero-order chi connectivity index (χ0) is 16.1. The number of rotatable bonds is 5. The Balaban J connectivity index is 0.00000208. The Morgan fingerprint density at radius 1 is 1.25 bits per heavy atom. The molecule has 0 saturated carbocycles. The van der Waals surface area contributed by atoms with Gasteiger partial charge in [0.25, 0.3) is 0 Å². The second-order valence-corrected chi connectivity index (χ2v) is 5.89. The lowest BCUT2D eigenvalue weighted by Gasteiger charge is -2.38. The highest BCUT2D eigenvalue weighted by Crippen LogP contribution is 2.24. The lowest BCUT2D eigenvalue weighted by molar-refractivity contribution is 0.192. The minimum atomic E-state index is -0.441. The smallest absolute Gasteiger partial charge is 0.138 e. The molecule has 1 unspecified atom stereocenters. The van der Waals surface area contributed by atoms with Crippen LogP contribution in [0.25, 0.3) is 0 Å². The van der Waals surface area contributed by atoms with Crippen molar-refractivity contribution in [3.8, 4) is 5.75 Å². The number of hydrogen-bond donors (Lipinski definition) is 3. The van der Waals surface area contributed by atoms with Gasteiger partial charge in [-0.3, -0.25) is 10.2 Å². The fourth-order valence-electron chi connectivity index (χ4n) is 2.95. The highest BCUT2D eigenvalue weighted by atomic mass is 35.5. The minimum absolute atomic E-state index is 0. The van der Waals surface area contributed by atoms with Gasteiger partial charge in [-0.1, -0.05) is 12.1 Å². The highest BCUT2D eigenvalue weighted by molar-refractivity contribution is 5.85. The highest BCUT2D eigenvalue weighted by Gasteiger charge is 2.31. The summed E-state index contributed by atoms with van der Waals surface area (Å²) in [5.41, 5.74) is 0.696. The predicted octanol–water partition coefficient (Wildman–Crippen LogP) is 1.26. The minimum Gasteiger partial charge on any atom is -0.497 e. The summed E-state index contributed by atoms with van der Waals surface area (Å²) >= 11 is 0. The summed E-state index contributed by atoms with van der Waals surface area (Å²) in [7, 11) is 1.68. The van der Waals surface area contributed by atoms with Gasteiger partial charge in [-0.15, -0.1) is 12.4 Å². The molecule has 0 bridgehead atoms. The van der Waals surface area contributed by atoms with Crippen LogP contribution in [0.1, 0.15) is 12.5 Å². The standard InChI is InChI=1S/C17H25N5O.ClH/c1-14-19-8-7-17(21-14,15-3-5-16(23-2)6-4-15)20-13-22-11-9-18-10-12-22;/h3-8,18,20H,9-13H2,1-2H3,(H,19,21);1H. The molecule has 0 spiro atoms. The summed E-state index contributed by atoms with van der Waals surface area (Å²) in [6.07, 6.45) is 3.94. The number of amidine groups is 1. The molecule has 3 N–H and O–H groups in total. The molecule has 132 valence electrons. The van der Waals surface area contributed by atoms with E-state index < -0.39 is 5.66 Å². The van der Waals surface area contributed by atoms with Gasteiger partial charge in [-0.05, 0) is 30.7 Å². The molecular formula is C17H26ClN5O. The van der Waals surface area contributed by atoms with E-state index in [-0.39, 0.29) is 12.4 Å². The fraction of sp³-hybridized carbons (Fsp3) is 0.471. The van der Waals surface area contributed by atoms with E-state index in [1.807, 2.05) is 25.3 Å². The van der Waals surface area contributed by atoms with Gasteiger partial charge in [0.2, 0.25) is 0 Å². The molecule has 0 radical (unpaired) electrons. The van der Waals surface area contributed by atoms with Gasteiger partial charge in [0, 0.05) is 32.4 Å². The SMILES string of the molecule is COc1ccc(C2(NCN3CCNCC3)C=CN=C(C)N2)cc1.Cl. The van der Waals surface area contributed by atoms with Crippen LogP contribution in [0.2, 0.25) is 0 Å². The van der Waals surface area contributed by atoms with Crippen molar-refractivity contribution in [2.45, 2.75) is 12.6 Å². The summed E-state index contributed by atoms with van der Waals surface area (Å²) in [5, 5.41) is 10.5. The van der Waals surface area contributed by atoms with Gasteiger partial charge in [-0.2, -0.15) is 0 Å². The van der Waals surface area contributed by atoms with Gasteiger partial charge in [0.1, 0.15) is 17.2 Å². The first-order chi connectivity index (χ1) is 11.2. The maximum atomic E-state index is 5.27. The van der Waals surface area contributed by atoms with Crippen molar-refractivity contribution in [1.29, 1.82) is 0 Å². The molecule has 2 heterocycles. The van der Waals surface area contributed by atoms with E-state index >= 15 is 0 Å². The number of halogens is 1. The van der Waals surface area contributed by atoms with Gasteiger partial charge >= 0.3 is 0 Å². The normalized spacial score (nSPS) is 23.8. The first-order valence-electron chi connectivity index (χ1n) is 8.05. The number of ether oxygens (including phenoxy) is 1. The molecule has 7 heteroatoms. The molecule has 2 aliphatic heterocycles. The number of hydrogen-bond acceptors (Lipinski definition) is 6. The maximum absolute atomic E-state index is 5.27. The van der Waals surface area contributed by atoms with Crippen LogP contribution in [-0.2, 0) is 5.66 Å². The first-order valence-corrected chi connectivity index (χ1v) is 8.05. The zero-order valence-electron chi connectivity index (χ0n) is 14.2. The topological polar surface area (TPSA) is 60.9 Å². The zero-order valence-corrected chi connectivity index (χ0v) is 15.0. The third kappa shape index (κ3) is 4.27. The van der Waals surface area contributed by atoms with E-state index in [0.717, 1.165) is 50.0 Å². The molecule has 3 rings (SSSR count). The van der Waals surface area contributed by atoms with E-state index in [4.69, 9.17) is 4.74 Å². The average molecular weight is 352 g/mol. The second kappa shape index (κ2) is 8.48. The number of piperazine rings is 1. The summed E-state index contributed by atoms with van der Waals surface area (Å²) in [4.78, 5) is 6.73. The molecule has 1 aromatic carbocycles. The number of nitrogens with zero attached hydrogens (tertiary/aromatic N) is 2. The molecule has 0 amide bonds. The summed E-state index contributed by atoms with van der Waals surface area (Å²) < 4.78 is 5.27. The Labute approximate surface area is 149 Å². The van der Waals surface area contributed by atoms with Gasteiger partial charge in [0.05, 0.1) is 13.8 Å². The van der Waals surface area contributed by atoms with Crippen LogP contribution in [0.15, 0.2) is 41.5 Å². The van der Waals surface area contributed by atoms with Crippen LogP contribution in [0.4, 0.5) is 0 Å². The van der Waals surface area contributed by atoms with Crippen molar-refractivity contribution in [2.24, 2.45) is 4.99 Å². The van der Waals surface area contributed by atoms with Crippen molar-refractivity contribution >= 4 is 18.2 Å². The molecule has 0 aliphatic carbocycles. The van der Waals surface area contributed by atoms with Crippen molar-refractivity contribution in [2.75, 3.05) is 40.0 Å². The fourth-order valence-corrected chi connectivity index (χ4v) is 2.95.